The summed E-state index contributed by atoms with van der Waals surface area (Å²) < 4.78 is 67.3. The summed E-state index contributed by atoms with van der Waals surface area (Å²) in [5.74, 6) is 0.935. The third-order valence-corrected chi connectivity index (χ3v) is 6.39. The smallest absolute Gasteiger partial charge is 0.422 e. The molecule has 3 aromatic rings. The molecule has 0 radical (unpaired) electrons. The fourth-order valence-corrected chi connectivity index (χ4v) is 4.10. The highest BCUT2D eigenvalue weighted by Gasteiger charge is 2.30. The number of hydrogen-bond donors (Lipinski definition) is 1. The number of aromatic nitrogens is 2. The summed E-state index contributed by atoms with van der Waals surface area (Å²) in [5.41, 5.74) is 1.92. The van der Waals surface area contributed by atoms with Crippen LogP contribution in [0.3, 0.4) is 0 Å². The van der Waals surface area contributed by atoms with E-state index in [1.165, 1.54) is 25.1 Å². The lowest BCUT2D eigenvalue weighted by Gasteiger charge is -2.17. The summed E-state index contributed by atoms with van der Waals surface area (Å²) in [6, 6.07) is 8.35. The maximum absolute atomic E-state index is 13.1. The predicted molar refractivity (Wildman–Crippen MR) is 155 cm³/mol. The van der Waals surface area contributed by atoms with Crippen molar-refractivity contribution < 1.29 is 41.7 Å². The number of carbonyl (C=O) groups is 1. The quantitative estimate of drug-likeness (QED) is 0.169. The van der Waals surface area contributed by atoms with Gasteiger partial charge in [0.2, 0.25) is 0 Å². The van der Waals surface area contributed by atoms with Crippen molar-refractivity contribution in [1.29, 1.82) is 0 Å². The first-order valence-corrected chi connectivity index (χ1v) is 13.4. The number of benzene rings is 2. The lowest BCUT2D eigenvalue weighted by molar-refractivity contribution is -0.153. The lowest BCUT2D eigenvalue weighted by Crippen LogP contribution is -2.21. The van der Waals surface area contributed by atoms with E-state index in [-0.39, 0.29) is 24.1 Å². The number of aryl methyl sites for hydroxylation is 1. The molecule has 10 nitrogen and oxygen atoms in total. The fraction of sp³-hybridized carbons (Fsp3) is 0.367. The number of amides is 1. The van der Waals surface area contributed by atoms with Crippen LogP contribution in [0.2, 0.25) is 0 Å². The number of allylic oxidation sites excluding steroid dienone is 1. The largest absolute Gasteiger partial charge is 0.493 e. The molecule has 13 heteroatoms. The number of nitrogens with zero attached hydrogens (tertiary/aromatic N) is 3. The number of aliphatic imine (C=N–C) groups is 1. The van der Waals surface area contributed by atoms with Crippen molar-refractivity contribution in [2.24, 2.45) is 4.99 Å². The Morgan fingerprint density at radius 1 is 1.14 bits per heavy atom. The molecule has 4 rings (SSSR count). The van der Waals surface area contributed by atoms with Crippen molar-refractivity contribution in [3.05, 3.63) is 59.4 Å². The number of carbonyl (C=O) groups excluding carboxylic acids is 1. The van der Waals surface area contributed by atoms with Gasteiger partial charge in [-0.1, -0.05) is 0 Å². The molecular formula is C30H33F3N4O6. The minimum absolute atomic E-state index is 0.207. The van der Waals surface area contributed by atoms with Crippen LogP contribution in [-0.4, -0.2) is 62.1 Å². The number of ether oxygens (including phenoxy) is 5. The van der Waals surface area contributed by atoms with E-state index in [1.54, 1.807) is 50.3 Å². The van der Waals surface area contributed by atoms with Crippen LogP contribution in [0.1, 0.15) is 41.4 Å². The normalized spacial score (nSPS) is 13.4. The van der Waals surface area contributed by atoms with Gasteiger partial charge in [0.1, 0.15) is 11.5 Å². The van der Waals surface area contributed by atoms with E-state index in [9.17, 15) is 18.0 Å². The average Bonchev–Trinajstić information content (AvgIpc) is 3.71. The van der Waals surface area contributed by atoms with Crippen LogP contribution in [0.5, 0.6) is 23.0 Å². The summed E-state index contributed by atoms with van der Waals surface area (Å²) in [5, 5.41) is 6.83. The van der Waals surface area contributed by atoms with E-state index < -0.39 is 18.7 Å². The molecule has 1 saturated carbocycles. The Kier molecular flexibility index (Phi) is 9.96. The van der Waals surface area contributed by atoms with Gasteiger partial charge >= 0.3 is 6.18 Å². The second-order valence-electron chi connectivity index (χ2n) is 9.65. The van der Waals surface area contributed by atoms with E-state index in [1.807, 2.05) is 0 Å². The Hall–Kier alpha value is -4.52. The third kappa shape index (κ3) is 8.28. The highest BCUT2D eigenvalue weighted by Crippen LogP contribution is 2.39. The predicted octanol–water partition coefficient (Wildman–Crippen LogP) is 6.35. The van der Waals surface area contributed by atoms with Gasteiger partial charge in [0.15, 0.2) is 29.5 Å². The highest BCUT2D eigenvalue weighted by atomic mass is 19.4. The van der Waals surface area contributed by atoms with Crippen molar-refractivity contribution in [3.8, 4) is 23.0 Å². The van der Waals surface area contributed by atoms with Gasteiger partial charge in [0, 0.05) is 17.3 Å². The minimum atomic E-state index is -4.58. The fourth-order valence-electron chi connectivity index (χ4n) is 4.10. The maximum Gasteiger partial charge on any atom is 0.422 e. The monoisotopic (exact) mass is 602 g/mol. The molecule has 1 N–H and O–H groups in total. The zero-order chi connectivity index (χ0) is 31.1. The van der Waals surface area contributed by atoms with Crippen LogP contribution >= 0.6 is 0 Å². The first-order chi connectivity index (χ1) is 20.5. The zero-order valence-corrected chi connectivity index (χ0v) is 24.3. The van der Waals surface area contributed by atoms with Gasteiger partial charge in [0.25, 0.3) is 5.91 Å². The topological polar surface area (TPSA) is 105 Å². The molecule has 1 aliphatic rings. The molecule has 1 aromatic heterocycles. The summed E-state index contributed by atoms with van der Waals surface area (Å²) in [6.45, 7) is 6.24. The van der Waals surface area contributed by atoms with Crippen LogP contribution in [0.25, 0.3) is 5.76 Å². The zero-order valence-electron chi connectivity index (χ0n) is 24.3. The molecular weight excluding hydrogens is 569 g/mol. The molecule has 0 bridgehead atoms. The molecule has 1 amide bonds. The van der Waals surface area contributed by atoms with Crippen molar-refractivity contribution in [2.75, 3.05) is 32.8 Å². The number of hydrogen-bond acceptors (Lipinski definition) is 8. The van der Waals surface area contributed by atoms with Gasteiger partial charge in [-0.2, -0.15) is 18.3 Å². The standard InChI is InChI=1S/C30H33F3N4O6/c1-6-23(21-14-25(39-4)26(40-5)15-22(21)34-3)43-24-10-7-19(13-18(24)2)35-29(38)28-27(42-17-30(31,32)33)16-37(36-28)11-12-41-20-8-9-20/h6-7,10,13-16,20H,3,8-9,11-12,17H2,1-2,4-5H3,(H,35,38)/b23-6+. The molecule has 0 unspecified atom stereocenters. The van der Waals surface area contributed by atoms with E-state index >= 15 is 0 Å². The molecule has 1 aliphatic carbocycles. The maximum atomic E-state index is 13.1. The Balaban J connectivity index is 1.50. The van der Waals surface area contributed by atoms with E-state index in [4.69, 9.17) is 23.7 Å². The van der Waals surface area contributed by atoms with Gasteiger partial charge in [-0.05, 0) is 69.3 Å². The Morgan fingerprint density at radius 3 is 2.47 bits per heavy atom. The lowest BCUT2D eigenvalue weighted by atomic mass is 10.1. The number of anilines is 1. The molecule has 1 fully saturated rings. The highest BCUT2D eigenvalue weighted by molar-refractivity contribution is 6.04. The molecule has 0 saturated heterocycles. The van der Waals surface area contributed by atoms with Crippen LogP contribution in [0.15, 0.2) is 47.6 Å². The summed E-state index contributed by atoms with van der Waals surface area (Å²) in [7, 11) is 3.05. The SMILES string of the molecule is C=Nc1cc(OC)c(OC)cc1/C(=C\C)Oc1ccc(NC(=O)c2nn(CCOC3CC3)cc2OCC(F)(F)F)cc1C. The number of alkyl halides is 3. The number of rotatable bonds is 14. The molecule has 0 spiro atoms. The average molecular weight is 603 g/mol. The Labute approximate surface area is 247 Å². The number of nitrogens with one attached hydrogen (secondary N) is 1. The van der Waals surface area contributed by atoms with Crippen molar-refractivity contribution in [3.63, 3.8) is 0 Å². The van der Waals surface area contributed by atoms with Gasteiger partial charge in [-0.25, -0.2) is 0 Å². The second-order valence-corrected chi connectivity index (χ2v) is 9.65. The second kappa shape index (κ2) is 13.6. The first kappa shape index (κ1) is 31.4. The number of halogens is 3. The molecule has 2 aromatic carbocycles. The van der Waals surface area contributed by atoms with Crippen LogP contribution in [-0.2, 0) is 11.3 Å². The van der Waals surface area contributed by atoms with Crippen molar-refractivity contribution in [1.82, 2.24) is 9.78 Å². The van der Waals surface area contributed by atoms with Crippen LogP contribution < -0.4 is 24.3 Å². The van der Waals surface area contributed by atoms with Crippen LogP contribution in [0.4, 0.5) is 24.5 Å². The molecule has 0 atom stereocenters. The Morgan fingerprint density at radius 2 is 1.86 bits per heavy atom. The van der Waals surface area contributed by atoms with Gasteiger partial charge in [-0.15, -0.1) is 0 Å². The van der Waals surface area contributed by atoms with Crippen molar-refractivity contribution in [2.45, 2.75) is 45.5 Å². The Bertz CT molecular complexity index is 1500. The van der Waals surface area contributed by atoms with E-state index in [0.29, 0.717) is 52.1 Å². The molecule has 1 heterocycles. The third-order valence-electron chi connectivity index (χ3n) is 6.39. The molecule has 230 valence electrons. The summed E-state index contributed by atoms with van der Waals surface area (Å²) in [4.78, 5) is 17.2. The van der Waals surface area contributed by atoms with Gasteiger partial charge in [0.05, 0.1) is 45.4 Å². The van der Waals surface area contributed by atoms with Gasteiger partial charge in [-0.3, -0.25) is 14.5 Å². The first-order valence-electron chi connectivity index (χ1n) is 13.4. The molecule has 43 heavy (non-hydrogen) atoms. The minimum Gasteiger partial charge on any atom is -0.493 e. The summed E-state index contributed by atoms with van der Waals surface area (Å²) in [6.07, 6.45) is 0.615. The van der Waals surface area contributed by atoms with Crippen LogP contribution in [0, 0.1) is 6.92 Å². The molecule has 0 aliphatic heterocycles. The number of methoxy groups -OCH3 is 2. The summed E-state index contributed by atoms with van der Waals surface area (Å²) >= 11 is 0. The van der Waals surface area contributed by atoms with Crippen molar-refractivity contribution >= 4 is 29.8 Å². The van der Waals surface area contributed by atoms with Gasteiger partial charge < -0.3 is 29.0 Å². The van der Waals surface area contributed by atoms with E-state index in [2.05, 4.69) is 22.1 Å². The van der Waals surface area contributed by atoms with E-state index in [0.717, 1.165) is 12.8 Å².